The van der Waals surface area contributed by atoms with Crippen LogP contribution in [0.15, 0.2) is 52.4 Å². The smallest absolute Gasteiger partial charge is 0.264 e. The molecule has 140 valence electrons. The van der Waals surface area contributed by atoms with E-state index in [0.29, 0.717) is 10.1 Å². The lowest BCUT2D eigenvalue weighted by Crippen LogP contribution is -2.19. The van der Waals surface area contributed by atoms with Gasteiger partial charge in [-0.1, -0.05) is 43.2 Å². The van der Waals surface area contributed by atoms with Gasteiger partial charge in [-0.05, 0) is 67.4 Å². The molecule has 0 radical (unpaired) electrons. The Labute approximate surface area is 164 Å². The number of amides is 1. The van der Waals surface area contributed by atoms with Gasteiger partial charge in [0.1, 0.15) is 5.75 Å². The number of unbranched alkanes of at least 4 members (excludes halogenated alkanes) is 1. The maximum atomic E-state index is 12.3. The second kappa shape index (κ2) is 8.91. The van der Waals surface area contributed by atoms with E-state index < -0.39 is 0 Å². The molecule has 0 spiro atoms. The van der Waals surface area contributed by atoms with Crippen LogP contribution in [0.25, 0.3) is 6.08 Å². The minimum Gasteiger partial charge on any atom is -0.494 e. The second-order valence-electron chi connectivity index (χ2n) is 6.54. The Balaban J connectivity index is 1.70. The summed E-state index contributed by atoms with van der Waals surface area (Å²) in [5.41, 5.74) is 4.12. The largest absolute Gasteiger partial charge is 0.494 e. The highest BCUT2D eigenvalue weighted by Crippen LogP contribution is 2.29. The highest BCUT2D eigenvalue weighted by molar-refractivity contribution is 8.18. The van der Waals surface area contributed by atoms with Gasteiger partial charge in [-0.2, -0.15) is 0 Å². The van der Waals surface area contributed by atoms with E-state index in [9.17, 15) is 4.79 Å². The number of aryl methyl sites for hydroxylation is 2. The third-order valence-electron chi connectivity index (χ3n) is 4.17. The molecule has 0 saturated carbocycles. The molecule has 0 atom stereocenters. The first-order valence-corrected chi connectivity index (χ1v) is 9.96. The molecule has 0 aliphatic carbocycles. The van der Waals surface area contributed by atoms with Gasteiger partial charge in [-0.15, -0.1) is 0 Å². The molecule has 0 aromatic heterocycles. The molecule has 2 aromatic rings. The SMILES string of the molecule is CCCCOc1ccc(/C=C2/SC(=Nc3ccc(C)cc3C)NC2=O)cc1. The first kappa shape index (κ1) is 19.2. The summed E-state index contributed by atoms with van der Waals surface area (Å²) in [5, 5.41) is 3.45. The molecule has 0 unspecified atom stereocenters. The lowest BCUT2D eigenvalue weighted by molar-refractivity contribution is -0.115. The van der Waals surface area contributed by atoms with Crippen LogP contribution in [-0.2, 0) is 4.79 Å². The molecule has 1 N–H and O–H groups in total. The van der Waals surface area contributed by atoms with Crippen LogP contribution >= 0.6 is 11.8 Å². The van der Waals surface area contributed by atoms with Gasteiger partial charge in [0.05, 0.1) is 17.2 Å². The lowest BCUT2D eigenvalue weighted by Gasteiger charge is -2.05. The number of carbonyl (C=O) groups excluding carboxylic acids is 1. The molecule has 1 amide bonds. The summed E-state index contributed by atoms with van der Waals surface area (Å²) < 4.78 is 5.67. The van der Waals surface area contributed by atoms with Gasteiger partial charge in [0.2, 0.25) is 0 Å². The van der Waals surface area contributed by atoms with Crippen molar-refractivity contribution in [3.05, 3.63) is 64.1 Å². The summed E-state index contributed by atoms with van der Waals surface area (Å²) in [6.45, 7) is 6.94. The second-order valence-corrected chi connectivity index (χ2v) is 7.57. The van der Waals surface area contributed by atoms with Crippen molar-refractivity contribution in [1.82, 2.24) is 5.32 Å². The number of amidine groups is 1. The predicted molar refractivity (Wildman–Crippen MR) is 114 cm³/mol. The molecular weight excluding hydrogens is 356 g/mol. The topological polar surface area (TPSA) is 50.7 Å². The zero-order valence-electron chi connectivity index (χ0n) is 15.9. The number of rotatable bonds is 6. The minimum absolute atomic E-state index is 0.119. The van der Waals surface area contributed by atoms with Crippen LogP contribution in [0.5, 0.6) is 5.75 Å². The fourth-order valence-corrected chi connectivity index (χ4v) is 3.50. The summed E-state index contributed by atoms with van der Waals surface area (Å²) in [6.07, 6.45) is 4.04. The summed E-state index contributed by atoms with van der Waals surface area (Å²) in [6, 6.07) is 13.9. The molecule has 27 heavy (non-hydrogen) atoms. The minimum atomic E-state index is -0.119. The third-order valence-corrected chi connectivity index (χ3v) is 5.08. The molecule has 1 aliphatic heterocycles. The maximum absolute atomic E-state index is 12.3. The Morgan fingerprint density at radius 1 is 1.15 bits per heavy atom. The monoisotopic (exact) mass is 380 g/mol. The number of ether oxygens (including phenoxy) is 1. The van der Waals surface area contributed by atoms with E-state index >= 15 is 0 Å². The van der Waals surface area contributed by atoms with Gasteiger partial charge in [0, 0.05) is 0 Å². The number of nitrogens with zero attached hydrogens (tertiary/aromatic N) is 1. The van der Waals surface area contributed by atoms with Crippen LogP contribution in [0.3, 0.4) is 0 Å². The van der Waals surface area contributed by atoms with Gasteiger partial charge in [0.25, 0.3) is 5.91 Å². The Hall–Kier alpha value is -2.53. The summed E-state index contributed by atoms with van der Waals surface area (Å²) in [7, 11) is 0. The zero-order chi connectivity index (χ0) is 19.2. The quantitative estimate of drug-likeness (QED) is 0.541. The molecule has 1 fully saturated rings. The van der Waals surface area contributed by atoms with Crippen molar-refractivity contribution in [3.8, 4) is 5.75 Å². The van der Waals surface area contributed by atoms with Gasteiger partial charge in [0.15, 0.2) is 5.17 Å². The van der Waals surface area contributed by atoms with Crippen molar-refractivity contribution in [2.24, 2.45) is 4.99 Å². The van der Waals surface area contributed by atoms with Crippen LogP contribution in [-0.4, -0.2) is 17.7 Å². The molecule has 0 bridgehead atoms. The Morgan fingerprint density at radius 3 is 2.63 bits per heavy atom. The van der Waals surface area contributed by atoms with Crippen molar-refractivity contribution in [2.45, 2.75) is 33.6 Å². The molecule has 1 heterocycles. The first-order valence-electron chi connectivity index (χ1n) is 9.15. The molecule has 4 nitrogen and oxygen atoms in total. The zero-order valence-corrected chi connectivity index (χ0v) is 16.7. The Bertz CT molecular complexity index is 886. The molecule has 1 saturated heterocycles. The normalized spacial score (nSPS) is 16.8. The van der Waals surface area contributed by atoms with E-state index in [1.54, 1.807) is 0 Å². The van der Waals surface area contributed by atoms with Gasteiger partial charge in [-0.3, -0.25) is 4.79 Å². The van der Waals surface area contributed by atoms with E-state index in [1.807, 2.05) is 49.4 Å². The lowest BCUT2D eigenvalue weighted by atomic mass is 10.1. The fourth-order valence-electron chi connectivity index (χ4n) is 2.67. The Kier molecular flexibility index (Phi) is 6.35. The van der Waals surface area contributed by atoms with Crippen LogP contribution in [0.2, 0.25) is 0 Å². The molecule has 3 rings (SSSR count). The number of nitrogens with one attached hydrogen (secondary N) is 1. The Morgan fingerprint density at radius 2 is 1.93 bits per heavy atom. The average Bonchev–Trinajstić information content (AvgIpc) is 2.98. The number of hydrogen-bond acceptors (Lipinski definition) is 4. The van der Waals surface area contributed by atoms with Gasteiger partial charge in [-0.25, -0.2) is 4.99 Å². The van der Waals surface area contributed by atoms with E-state index in [1.165, 1.54) is 17.3 Å². The van der Waals surface area contributed by atoms with Gasteiger partial charge < -0.3 is 10.1 Å². The van der Waals surface area contributed by atoms with Crippen molar-refractivity contribution in [3.63, 3.8) is 0 Å². The summed E-state index contributed by atoms with van der Waals surface area (Å²) >= 11 is 1.36. The molecule has 1 aliphatic rings. The predicted octanol–water partition coefficient (Wildman–Crippen LogP) is 5.37. The number of aliphatic imine (C=N–C) groups is 1. The third kappa shape index (κ3) is 5.23. The standard InChI is InChI=1S/C22H24N2O2S/c1-4-5-12-26-18-9-7-17(8-10-18)14-20-21(25)24-22(27-20)23-19-11-6-15(2)13-16(19)3/h6-11,13-14H,4-5,12H2,1-3H3,(H,23,24,25)/b20-14+. The van der Waals surface area contributed by atoms with Crippen LogP contribution in [0.4, 0.5) is 5.69 Å². The van der Waals surface area contributed by atoms with E-state index in [0.717, 1.165) is 42.0 Å². The van der Waals surface area contributed by atoms with E-state index in [2.05, 4.69) is 30.2 Å². The molecular formula is C22H24N2O2S. The molecule has 2 aromatic carbocycles. The summed E-state index contributed by atoms with van der Waals surface area (Å²) in [5.74, 6) is 0.734. The van der Waals surface area contributed by atoms with Crippen molar-refractivity contribution < 1.29 is 9.53 Å². The molecule has 5 heteroatoms. The highest BCUT2D eigenvalue weighted by Gasteiger charge is 2.23. The number of benzene rings is 2. The fraction of sp³-hybridized carbons (Fsp3) is 0.273. The van der Waals surface area contributed by atoms with Crippen molar-refractivity contribution >= 4 is 34.6 Å². The van der Waals surface area contributed by atoms with E-state index in [4.69, 9.17) is 4.74 Å². The van der Waals surface area contributed by atoms with Crippen LogP contribution in [0.1, 0.15) is 36.5 Å². The van der Waals surface area contributed by atoms with E-state index in [-0.39, 0.29) is 5.91 Å². The summed E-state index contributed by atoms with van der Waals surface area (Å²) in [4.78, 5) is 17.5. The average molecular weight is 381 g/mol. The van der Waals surface area contributed by atoms with Gasteiger partial charge >= 0.3 is 0 Å². The van der Waals surface area contributed by atoms with Crippen LogP contribution < -0.4 is 10.1 Å². The van der Waals surface area contributed by atoms with Crippen molar-refractivity contribution in [2.75, 3.05) is 6.61 Å². The van der Waals surface area contributed by atoms with Crippen LogP contribution in [0, 0.1) is 13.8 Å². The van der Waals surface area contributed by atoms with Crippen molar-refractivity contribution in [1.29, 1.82) is 0 Å². The number of hydrogen-bond donors (Lipinski definition) is 1. The first-order chi connectivity index (χ1) is 13.0. The maximum Gasteiger partial charge on any atom is 0.264 e. The number of thioether (sulfide) groups is 1. The number of carbonyl (C=O) groups is 1. The highest BCUT2D eigenvalue weighted by atomic mass is 32.2.